The Morgan fingerprint density at radius 3 is 2.19 bits per heavy atom. The van der Waals surface area contributed by atoms with E-state index >= 15 is 0 Å². The molecule has 0 unspecified atom stereocenters. The van der Waals surface area contributed by atoms with E-state index in [1.54, 1.807) is 19.1 Å². The molecule has 138 valence electrons. The number of phenolic OH excluding ortho intramolecular Hbond substituents is 1. The minimum atomic E-state index is 0.115. The Labute approximate surface area is 156 Å². The zero-order chi connectivity index (χ0) is 18.5. The lowest BCUT2D eigenvalue weighted by molar-refractivity contribution is 0.101. The largest absolute Gasteiger partial charge is 0.508 e. The van der Waals surface area contributed by atoms with E-state index in [9.17, 15) is 9.90 Å². The standard InChI is InChI=1S/C22H28N2O2/c1-17(3-4-19-5-11-22(26)12-6-19)23-13-15-24(16-14-23)21-9-7-20(8-10-21)18(2)25/h5-12,17,26H,3-4,13-16H2,1-2H3/t17-/m0/s1. The van der Waals surface area contributed by atoms with E-state index in [1.165, 1.54) is 11.3 Å². The van der Waals surface area contributed by atoms with Crippen LogP contribution in [0.3, 0.4) is 0 Å². The highest BCUT2D eigenvalue weighted by Crippen LogP contribution is 2.20. The van der Waals surface area contributed by atoms with E-state index in [2.05, 4.69) is 28.9 Å². The van der Waals surface area contributed by atoms with Crippen molar-refractivity contribution in [2.24, 2.45) is 0 Å². The van der Waals surface area contributed by atoms with Crippen molar-refractivity contribution in [1.82, 2.24) is 4.90 Å². The number of carbonyl (C=O) groups excluding carboxylic acids is 1. The van der Waals surface area contributed by atoms with Crippen molar-refractivity contribution in [2.75, 3.05) is 31.1 Å². The van der Waals surface area contributed by atoms with Crippen LogP contribution in [0.2, 0.25) is 0 Å². The van der Waals surface area contributed by atoms with Gasteiger partial charge in [-0.15, -0.1) is 0 Å². The maximum Gasteiger partial charge on any atom is 0.159 e. The van der Waals surface area contributed by atoms with Crippen molar-refractivity contribution in [3.8, 4) is 5.75 Å². The molecule has 26 heavy (non-hydrogen) atoms. The summed E-state index contributed by atoms with van der Waals surface area (Å²) in [4.78, 5) is 16.4. The Hall–Kier alpha value is -2.33. The molecule has 1 aliphatic rings. The van der Waals surface area contributed by atoms with E-state index in [1.807, 2.05) is 24.3 Å². The summed E-state index contributed by atoms with van der Waals surface area (Å²) in [6.45, 7) is 8.06. The molecule has 1 saturated heterocycles. The number of hydrogen-bond acceptors (Lipinski definition) is 4. The van der Waals surface area contributed by atoms with Gasteiger partial charge in [-0.05, 0) is 68.7 Å². The monoisotopic (exact) mass is 352 g/mol. The molecule has 1 heterocycles. The second kappa shape index (κ2) is 8.37. The number of rotatable bonds is 6. The minimum absolute atomic E-state index is 0.115. The van der Waals surface area contributed by atoms with Crippen LogP contribution in [-0.2, 0) is 6.42 Å². The lowest BCUT2D eigenvalue weighted by atomic mass is 10.0. The number of aromatic hydroxyl groups is 1. The van der Waals surface area contributed by atoms with Crippen molar-refractivity contribution < 1.29 is 9.90 Å². The fourth-order valence-electron chi connectivity index (χ4n) is 3.55. The van der Waals surface area contributed by atoms with E-state index in [4.69, 9.17) is 0 Å². The molecule has 1 N–H and O–H groups in total. The van der Waals surface area contributed by atoms with E-state index in [-0.39, 0.29) is 5.78 Å². The molecule has 1 fully saturated rings. The SMILES string of the molecule is CC(=O)c1ccc(N2CCN([C@@H](C)CCc3ccc(O)cc3)CC2)cc1. The first-order chi connectivity index (χ1) is 12.5. The average Bonchev–Trinajstić information content (AvgIpc) is 2.67. The third-order valence-electron chi connectivity index (χ3n) is 5.36. The number of hydrogen-bond donors (Lipinski definition) is 1. The summed E-state index contributed by atoms with van der Waals surface area (Å²) < 4.78 is 0. The molecule has 2 aromatic carbocycles. The van der Waals surface area contributed by atoms with Crippen LogP contribution in [0.4, 0.5) is 5.69 Å². The Morgan fingerprint density at radius 1 is 1.00 bits per heavy atom. The van der Waals surface area contributed by atoms with Crippen molar-refractivity contribution in [3.05, 3.63) is 59.7 Å². The molecular weight excluding hydrogens is 324 g/mol. The van der Waals surface area contributed by atoms with Gasteiger partial charge in [0, 0.05) is 43.5 Å². The fraction of sp³-hybridized carbons (Fsp3) is 0.409. The summed E-state index contributed by atoms with van der Waals surface area (Å²) in [7, 11) is 0. The van der Waals surface area contributed by atoms with Crippen LogP contribution in [0.25, 0.3) is 0 Å². The topological polar surface area (TPSA) is 43.8 Å². The molecule has 0 aromatic heterocycles. The van der Waals surface area contributed by atoms with Crippen molar-refractivity contribution in [1.29, 1.82) is 0 Å². The highest BCUT2D eigenvalue weighted by molar-refractivity contribution is 5.94. The Bertz CT molecular complexity index is 717. The van der Waals surface area contributed by atoms with Crippen LogP contribution in [0.1, 0.15) is 36.2 Å². The second-order valence-corrected chi connectivity index (χ2v) is 7.18. The molecule has 0 amide bonds. The smallest absolute Gasteiger partial charge is 0.159 e. The van der Waals surface area contributed by atoms with Crippen LogP contribution < -0.4 is 4.90 Å². The molecular formula is C22H28N2O2. The number of aryl methyl sites for hydroxylation is 1. The van der Waals surface area contributed by atoms with Gasteiger partial charge in [-0.25, -0.2) is 0 Å². The molecule has 0 radical (unpaired) electrons. The van der Waals surface area contributed by atoms with Gasteiger partial charge in [0.1, 0.15) is 5.75 Å². The van der Waals surface area contributed by atoms with Gasteiger partial charge in [-0.3, -0.25) is 9.69 Å². The average molecular weight is 352 g/mol. The number of piperazine rings is 1. The molecule has 3 rings (SSSR count). The van der Waals surface area contributed by atoms with Crippen LogP contribution >= 0.6 is 0 Å². The van der Waals surface area contributed by atoms with Gasteiger partial charge in [0.15, 0.2) is 5.78 Å². The highest BCUT2D eigenvalue weighted by Gasteiger charge is 2.21. The predicted octanol–water partition coefficient (Wildman–Crippen LogP) is 3.74. The lowest BCUT2D eigenvalue weighted by Gasteiger charge is -2.39. The van der Waals surface area contributed by atoms with Gasteiger partial charge in [0.2, 0.25) is 0 Å². The molecule has 0 saturated carbocycles. The first-order valence-corrected chi connectivity index (χ1v) is 9.41. The van der Waals surface area contributed by atoms with Crippen LogP contribution in [0.15, 0.2) is 48.5 Å². The molecule has 2 aromatic rings. The fourth-order valence-corrected chi connectivity index (χ4v) is 3.55. The number of anilines is 1. The molecule has 1 atom stereocenters. The number of benzene rings is 2. The zero-order valence-corrected chi connectivity index (χ0v) is 15.7. The third kappa shape index (κ3) is 4.64. The minimum Gasteiger partial charge on any atom is -0.508 e. The maximum atomic E-state index is 11.4. The Morgan fingerprint density at radius 2 is 1.62 bits per heavy atom. The first kappa shape index (κ1) is 18.5. The van der Waals surface area contributed by atoms with Crippen LogP contribution in [0, 0.1) is 0 Å². The van der Waals surface area contributed by atoms with Gasteiger partial charge in [-0.1, -0.05) is 12.1 Å². The Kier molecular flexibility index (Phi) is 5.94. The molecule has 4 heteroatoms. The number of Topliss-reactive ketones (excluding diaryl/α,β-unsaturated/α-hetero) is 1. The molecule has 0 bridgehead atoms. The van der Waals surface area contributed by atoms with Gasteiger partial charge >= 0.3 is 0 Å². The lowest BCUT2D eigenvalue weighted by Crippen LogP contribution is -2.49. The summed E-state index contributed by atoms with van der Waals surface area (Å²) in [5, 5.41) is 9.37. The molecule has 0 aliphatic carbocycles. The van der Waals surface area contributed by atoms with Crippen molar-refractivity contribution in [2.45, 2.75) is 32.7 Å². The van der Waals surface area contributed by atoms with Crippen molar-refractivity contribution >= 4 is 11.5 Å². The zero-order valence-electron chi connectivity index (χ0n) is 15.7. The quantitative estimate of drug-likeness (QED) is 0.805. The summed E-state index contributed by atoms with van der Waals surface area (Å²) in [5.41, 5.74) is 3.25. The van der Waals surface area contributed by atoms with E-state index < -0.39 is 0 Å². The highest BCUT2D eigenvalue weighted by atomic mass is 16.3. The summed E-state index contributed by atoms with van der Waals surface area (Å²) in [5.74, 6) is 0.443. The Balaban J connectivity index is 1.48. The first-order valence-electron chi connectivity index (χ1n) is 9.41. The van der Waals surface area contributed by atoms with Crippen LogP contribution in [-0.4, -0.2) is 48.0 Å². The second-order valence-electron chi connectivity index (χ2n) is 7.18. The molecule has 4 nitrogen and oxygen atoms in total. The molecule has 1 aliphatic heterocycles. The van der Waals surface area contributed by atoms with Gasteiger partial charge in [-0.2, -0.15) is 0 Å². The van der Waals surface area contributed by atoms with E-state index in [0.29, 0.717) is 11.8 Å². The van der Waals surface area contributed by atoms with Crippen LogP contribution in [0.5, 0.6) is 5.75 Å². The van der Waals surface area contributed by atoms with Gasteiger partial charge in [0.25, 0.3) is 0 Å². The maximum absolute atomic E-state index is 11.4. The number of phenols is 1. The summed E-state index contributed by atoms with van der Waals surface area (Å²) in [6, 6.07) is 16.0. The molecule has 0 spiro atoms. The number of carbonyl (C=O) groups is 1. The van der Waals surface area contributed by atoms with Crippen molar-refractivity contribution in [3.63, 3.8) is 0 Å². The normalized spacial score (nSPS) is 16.5. The predicted molar refractivity (Wildman–Crippen MR) is 106 cm³/mol. The van der Waals surface area contributed by atoms with E-state index in [0.717, 1.165) is 44.6 Å². The number of nitrogens with zero attached hydrogens (tertiary/aromatic N) is 2. The van der Waals surface area contributed by atoms with Gasteiger partial charge < -0.3 is 10.0 Å². The summed E-state index contributed by atoms with van der Waals surface area (Å²) >= 11 is 0. The summed E-state index contributed by atoms with van der Waals surface area (Å²) in [6.07, 6.45) is 2.16. The third-order valence-corrected chi connectivity index (χ3v) is 5.36. The number of ketones is 1. The van der Waals surface area contributed by atoms with Gasteiger partial charge in [0.05, 0.1) is 0 Å².